The zero-order valence-electron chi connectivity index (χ0n) is 17.1. The molecule has 7 heteroatoms. The predicted octanol–water partition coefficient (Wildman–Crippen LogP) is 3.99. The molecule has 0 bridgehead atoms. The van der Waals surface area contributed by atoms with Crippen molar-refractivity contribution in [2.45, 2.75) is 18.9 Å². The molecule has 31 heavy (non-hydrogen) atoms. The van der Waals surface area contributed by atoms with Crippen LogP contribution in [0, 0.1) is 5.92 Å². The van der Waals surface area contributed by atoms with Crippen molar-refractivity contribution < 1.29 is 10.2 Å². The van der Waals surface area contributed by atoms with Gasteiger partial charge in [-0.25, -0.2) is 9.97 Å². The number of rotatable bonds is 5. The lowest BCUT2D eigenvalue weighted by Crippen LogP contribution is -2.39. The Morgan fingerprint density at radius 1 is 1.03 bits per heavy atom. The van der Waals surface area contributed by atoms with Gasteiger partial charge in [0.25, 0.3) is 0 Å². The van der Waals surface area contributed by atoms with Gasteiger partial charge in [-0.2, -0.15) is 0 Å². The van der Waals surface area contributed by atoms with Gasteiger partial charge in [-0.3, -0.25) is 4.98 Å². The molecule has 4 aromatic rings. The molecule has 1 unspecified atom stereocenters. The molecular formula is C24H24N4O2S. The maximum Gasteiger partial charge on any atom is 0.181 e. The quantitative estimate of drug-likeness (QED) is 0.496. The number of thiophene rings is 1. The highest BCUT2D eigenvalue weighted by Gasteiger charge is 2.28. The summed E-state index contributed by atoms with van der Waals surface area (Å²) in [7, 11) is 0. The first-order valence-electron chi connectivity index (χ1n) is 10.5. The van der Waals surface area contributed by atoms with Crippen molar-refractivity contribution in [3.63, 3.8) is 0 Å². The van der Waals surface area contributed by atoms with E-state index in [4.69, 9.17) is 9.97 Å². The molecule has 0 saturated carbocycles. The summed E-state index contributed by atoms with van der Waals surface area (Å²) in [4.78, 5) is 17.5. The summed E-state index contributed by atoms with van der Waals surface area (Å²) in [6.45, 7) is 1.37. The van der Waals surface area contributed by atoms with E-state index in [9.17, 15) is 10.2 Å². The van der Waals surface area contributed by atoms with Gasteiger partial charge in [-0.1, -0.05) is 36.4 Å². The van der Waals surface area contributed by atoms with Crippen LogP contribution in [-0.2, 0) is 0 Å². The number of aromatic nitrogens is 3. The Labute approximate surface area is 184 Å². The topological polar surface area (TPSA) is 82.4 Å². The summed E-state index contributed by atoms with van der Waals surface area (Å²) in [5, 5.41) is 22.6. The first-order chi connectivity index (χ1) is 15.2. The Hall–Kier alpha value is -2.87. The minimum atomic E-state index is -0.655. The van der Waals surface area contributed by atoms with Gasteiger partial charge in [-0.15, -0.1) is 11.3 Å². The van der Waals surface area contributed by atoms with E-state index in [0.29, 0.717) is 5.82 Å². The lowest BCUT2D eigenvalue weighted by molar-refractivity contribution is 0.0376. The number of aliphatic hydroxyl groups excluding tert-OH is 2. The predicted molar refractivity (Wildman–Crippen MR) is 124 cm³/mol. The minimum absolute atomic E-state index is 0.116. The van der Waals surface area contributed by atoms with Crippen LogP contribution >= 0.6 is 11.3 Å². The van der Waals surface area contributed by atoms with Crippen LogP contribution in [0.5, 0.6) is 0 Å². The van der Waals surface area contributed by atoms with Gasteiger partial charge in [0.2, 0.25) is 0 Å². The van der Waals surface area contributed by atoms with Crippen molar-refractivity contribution >= 4 is 27.4 Å². The van der Waals surface area contributed by atoms with Gasteiger partial charge in [0, 0.05) is 30.2 Å². The number of aliphatic hydroxyl groups is 2. The summed E-state index contributed by atoms with van der Waals surface area (Å²) in [5.74, 6) is 1.66. The zero-order chi connectivity index (χ0) is 21.2. The van der Waals surface area contributed by atoms with Crippen LogP contribution in [0.2, 0.25) is 0 Å². The largest absolute Gasteiger partial charge is 0.394 e. The molecule has 1 aromatic carbocycles. The van der Waals surface area contributed by atoms with E-state index < -0.39 is 6.10 Å². The first kappa shape index (κ1) is 20.1. The molecule has 2 N–H and O–H groups in total. The number of pyridine rings is 1. The van der Waals surface area contributed by atoms with Gasteiger partial charge < -0.3 is 15.1 Å². The third-order valence-corrected chi connectivity index (χ3v) is 6.84. The van der Waals surface area contributed by atoms with Gasteiger partial charge in [0.15, 0.2) is 5.82 Å². The monoisotopic (exact) mass is 432 g/mol. The standard InChI is InChI=1S/C24H24N4O2S/c29-14-20(30)17-9-12-28(13-10-17)23-21-18(16-6-2-1-3-7-16)15-31-24(21)27-22(26-23)19-8-4-5-11-25-19/h1-8,11,15,17,20,29-30H,9-10,12-14H2. The molecule has 0 aliphatic carbocycles. The van der Waals surface area contributed by atoms with Crippen LogP contribution in [0.1, 0.15) is 12.8 Å². The Balaban J connectivity index is 1.61. The Kier molecular flexibility index (Phi) is 5.63. The van der Waals surface area contributed by atoms with Gasteiger partial charge in [0.05, 0.1) is 18.1 Å². The Bertz CT molecular complexity index is 1160. The van der Waals surface area contributed by atoms with E-state index in [0.717, 1.165) is 58.8 Å². The summed E-state index contributed by atoms with van der Waals surface area (Å²) in [6, 6.07) is 16.1. The highest BCUT2D eigenvalue weighted by Crippen LogP contribution is 2.40. The van der Waals surface area contributed by atoms with Crippen LogP contribution in [-0.4, -0.2) is 51.0 Å². The molecule has 0 spiro atoms. The Morgan fingerprint density at radius 2 is 1.81 bits per heavy atom. The maximum absolute atomic E-state index is 10.1. The molecule has 3 aromatic heterocycles. The second-order valence-corrected chi connectivity index (χ2v) is 8.71. The van der Waals surface area contributed by atoms with Gasteiger partial charge in [-0.05, 0) is 36.5 Å². The Morgan fingerprint density at radius 3 is 2.52 bits per heavy atom. The van der Waals surface area contributed by atoms with E-state index in [1.165, 1.54) is 0 Å². The van der Waals surface area contributed by atoms with E-state index in [2.05, 4.69) is 27.4 Å². The van der Waals surface area contributed by atoms with Crippen molar-refractivity contribution in [2.75, 3.05) is 24.6 Å². The molecule has 1 aliphatic heterocycles. The van der Waals surface area contributed by atoms with Crippen molar-refractivity contribution in [2.24, 2.45) is 5.92 Å². The van der Waals surface area contributed by atoms with Crippen LogP contribution in [0.25, 0.3) is 32.9 Å². The van der Waals surface area contributed by atoms with Gasteiger partial charge >= 0.3 is 0 Å². The average molecular weight is 433 g/mol. The SMILES string of the molecule is OCC(O)C1CCN(c2nc(-c3ccccn3)nc3scc(-c4ccccc4)c23)CC1. The second-order valence-electron chi connectivity index (χ2n) is 7.86. The molecule has 1 atom stereocenters. The fourth-order valence-corrected chi connectivity index (χ4v) is 5.18. The van der Waals surface area contributed by atoms with Crippen molar-refractivity contribution in [3.05, 3.63) is 60.1 Å². The lowest BCUT2D eigenvalue weighted by Gasteiger charge is -2.35. The average Bonchev–Trinajstić information content (AvgIpc) is 3.28. The minimum Gasteiger partial charge on any atom is -0.394 e. The molecule has 6 nitrogen and oxygen atoms in total. The number of piperidine rings is 1. The molecular weight excluding hydrogens is 408 g/mol. The van der Waals surface area contributed by atoms with E-state index >= 15 is 0 Å². The summed E-state index contributed by atoms with van der Waals surface area (Å²) in [6.07, 6.45) is 2.74. The van der Waals surface area contributed by atoms with E-state index in [1.54, 1.807) is 17.5 Å². The van der Waals surface area contributed by atoms with Crippen molar-refractivity contribution in [1.29, 1.82) is 0 Å². The highest BCUT2D eigenvalue weighted by molar-refractivity contribution is 7.17. The highest BCUT2D eigenvalue weighted by atomic mass is 32.1. The fraction of sp³-hybridized carbons (Fsp3) is 0.292. The number of anilines is 1. The fourth-order valence-electron chi connectivity index (χ4n) is 4.24. The molecule has 5 rings (SSSR count). The smallest absolute Gasteiger partial charge is 0.181 e. The number of benzene rings is 1. The molecule has 158 valence electrons. The van der Waals surface area contributed by atoms with Crippen LogP contribution in [0.4, 0.5) is 5.82 Å². The van der Waals surface area contributed by atoms with Gasteiger partial charge in [0.1, 0.15) is 16.3 Å². The lowest BCUT2D eigenvalue weighted by atomic mass is 9.91. The molecule has 1 saturated heterocycles. The number of nitrogens with zero attached hydrogens (tertiary/aromatic N) is 4. The van der Waals surface area contributed by atoms with Crippen molar-refractivity contribution in [3.8, 4) is 22.6 Å². The molecule has 0 amide bonds. The van der Waals surface area contributed by atoms with E-state index in [1.807, 2.05) is 36.4 Å². The third kappa shape index (κ3) is 3.92. The van der Waals surface area contributed by atoms with E-state index in [-0.39, 0.29) is 12.5 Å². The number of hydrogen-bond donors (Lipinski definition) is 2. The second kappa shape index (κ2) is 8.70. The first-order valence-corrected chi connectivity index (χ1v) is 11.4. The van der Waals surface area contributed by atoms with Crippen LogP contribution in [0.15, 0.2) is 60.1 Å². The maximum atomic E-state index is 10.1. The number of fused-ring (bicyclic) bond motifs is 1. The number of hydrogen-bond acceptors (Lipinski definition) is 7. The molecule has 4 heterocycles. The molecule has 1 fully saturated rings. The third-order valence-electron chi connectivity index (χ3n) is 5.96. The summed E-state index contributed by atoms with van der Waals surface area (Å²) < 4.78 is 0. The van der Waals surface area contributed by atoms with Crippen molar-refractivity contribution in [1.82, 2.24) is 15.0 Å². The molecule has 0 radical (unpaired) electrons. The normalized spacial score (nSPS) is 16.0. The van der Waals surface area contributed by atoms with Crippen LogP contribution in [0.3, 0.4) is 0 Å². The van der Waals surface area contributed by atoms with Crippen LogP contribution < -0.4 is 4.90 Å². The summed E-state index contributed by atoms with van der Waals surface area (Å²) in [5.41, 5.74) is 3.04. The summed E-state index contributed by atoms with van der Waals surface area (Å²) >= 11 is 1.63. The zero-order valence-corrected chi connectivity index (χ0v) is 17.9. The molecule has 1 aliphatic rings.